The molecule has 142 valence electrons. The van der Waals surface area contributed by atoms with Gasteiger partial charge in [-0.3, -0.25) is 0 Å². The van der Waals surface area contributed by atoms with E-state index in [-0.39, 0.29) is 6.03 Å². The van der Waals surface area contributed by atoms with E-state index in [0.29, 0.717) is 35.8 Å². The van der Waals surface area contributed by atoms with Crippen LogP contribution in [0, 0.1) is 0 Å². The Labute approximate surface area is 153 Å². The van der Waals surface area contributed by atoms with Gasteiger partial charge in [-0.05, 0) is 37.5 Å². The van der Waals surface area contributed by atoms with Crippen LogP contribution < -0.4 is 20.1 Å². The number of unbranched alkanes of at least 4 members (excludes halogenated alkanes) is 1. The molecule has 2 N–H and O–H groups in total. The van der Waals surface area contributed by atoms with E-state index < -0.39 is 12.0 Å². The summed E-state index contributed by atoms with van der Waals surface area (Å²) in [6, 6.07) is 4.38. The average molecular weight is 362 g/mol. The monoisotopic (exact) mass is 362 g/mol. The minimum atomic E-state index is -0.617. The van der Waals surface area contributed by atoms with Crippen LogP contribution in [0.5, 0.6) is 11.5 Å². The number of hydrogen-bond acceptors (Lipinski definition) is 5. The standard InChI is InChI=1S/C19H26N2O5/c1-5-7-8-13-16(18(22)25-4)17(21-19(23)20-13)12-9-10-14(24-3)15(11-12)26-6-2/h9-11,17H,5-8H2,1-4H3,(H2,20,21,23). The molecule has 1 unspecified atom stereocenters. The van der Waals surface area contributed by atoms with Crippen molar-refractivity contribution in [2.75, 3.05) is 20.8 Å². The van der Waals surface area contributed by atoms with Gasteiger partial charge >= 0.3 is 12.0 Å². The Morgan fingerprint density at radius 3 is 2.58 bits per heavy atom. The molecule has 1 aliphatic rings. The molecule has 26 heavy (non-hydrogen) atoms. The number of allylic oxidation sites excluding steroid dienone is 1. The maximum Gasteiger partial charge on any atom is 0.337 e. The lowest BCUT2D eigenvalue weighted by atomic mass is 9.93. The number of benzene rings is 1. The molecule has 0 bridgehead atoms. The maximum atomic E-state index is 12.4. The highest BCUT2D eigenvalue weighted by molar-refractivity contribution is 5.95. The number of nitrogens with one attached hydrogen (secondary N) is 2. The molecule has 0 saturated heterocycles. The van der Waals surface area contributed by atoms with Gasteiger partial charge in [-0.25, -0.2) is 9.59 Å². The van der Waals surface area contributed by atoms with E-state index in [9.17, 15) is 9.59 Å². The van der Waals surface area contributed by atoms with E-state index in [1.165, 1.54) is 7.11 Å². The van der Waals surface area contributed by atoms with Crippen molar-refractivity contribution in [3.63, 3.8) is 0 Å². The first kappa shape index (κ1) is 19.6. The van der Waals surface area contributed by atoms with E-state index in [4.69, 9.17) is 14.2 Å². The van der Waals surface area contributed by atoms with Gasteiger partial charge in [0, 0.05) is 5.70 Å². The van der Waals surface area contributed by atoms with Gasteiger partial charge in [-0.2, -0.15) is 0 Å². The van der Waals surface area contributed by atoms with E-state index in [1.54, 1.807) is 25.3 Å². The lowest BCUT2D eigenvalue weighted by molar-refractivity contribution is -0.136. The third kappa shape index (κ3) is 4.28. The predicted octanol–water partition coefficient (Wildman–Crippen LogP) is 3.07. The van der Waals surface area contributed by atoms with Crippen molar-refractivity contribution in [3.8, 4) is 11.5 Å². The van der Waals surface area contributed by atoms with Gasteiger partial charge in [0.25, 0.3) is 0 Å². The summed E-state index contributed by atoms with van der Waals surface area (Å²) in [4.78, 5) is 24.6. The quantitative estimate of drug-likeness (QED) is 0.694. The van der Waals surface area contributed by atoms with Crippen LogP contribution in [0.1, 0.15) is 44.7 Å². The molecule has 0 radical (unpaired) electrons. The van der Waals surface area contributed by atoms with Crippen LogP contribution >= 0.6 is 0 Å². The normalized spacial score (nSPS) is 16.6. The minimum absolute atomic E-state index is 0.345. The predicted molar refractivity (Wildman–Crippen MR) is 97.1 cm³/mol. The largest absolute Gasteiger partial charge is 0.493 e. The van der Waals surface area contributed by atoms with Crippen molar-refractivity contribution in [3.05, 3.63) is 35.0 Å². The number of ether oxygens (including phenoxy) is 3. The first-order valence-corrected chi connectivity index (χ1v) is 8.75. The highest BCUT2D eigenvalue weighted by atomic mass is 16.5. The summed E-state index contributed by atoms with van der Waals surface area (Å²) < 4.78 is 15.9. The number of urea groups is 1. The Kier molecular flexibility index (Phi) is 6.89. The Bertz CT molecular complexity index is 699. The van der Waals surface area contributed by atoms with E-state index in [1.807, 2.05) is 6.92 Å². The van der Waals surface area contributed by atoms with Crippen LogP contribution in [-0.2, 0) is 9.53 Å². The molecule has 0 fully saturated rings. The van der Waals surface area contributed by atoms with E-state index >= 15 is 0 Å². The first-order chi connectivity index (χ1) is 12.5. The van der Waals surface area contributed by atoms with Gasteiger partial charge in [0.15, 0.2) is 11.5 Å². The second-order valence-electron chi connectivity index (χ2n) is 5.86. The molecule has 0 aliphatic carbocycles. The fourth-order valence-corrected chi connectivity index (χ4v) is 2.91. The zero-order valence-corrected chi connectivity index (χ0v) is 15.7. The minimum Gasteiger partial charge on any atom is -0.493 e. The SMILES string of the molecule is CCCCC1=C(C(=O)OC)C(c2ccc(OC)c(OCC)c2)NC(=O)N1. The smallest absolute Gasteiger partial charge is 0.337 e. The molecule has 2 amide bonds. The molecule has 0 spiro atoms. The summed E-state index contributed by atoms with van der Waals surface area (Å²) in [6.45, 7) is 4.40. The number of carbonyl (C=O) groups excluding carboxylic acids is 2. The van der Waals surface area contributed by atoms with E-state index in [2.05, 4.69) is 17.6 Å². The molecule has 0 saturated carbocycles. The Balaban J connectivity index is 2.51. The summed E-state index contributed by atoms with van der Waals surface area (Å²) >= 11 is 0. The van der Waals surface area contributed by atoms with Gasteiger partial charge in [0.05, 0.1) is 32.4 Å². The fraction of sp³-hybridized carbons (Fsp3) is 0.474. The number of amides is 2. The average Bonchev–Trinajstić information content (AvgIpc) is 2.65. The molecule has 2 rings (SSSR count). The zero-order valence-electron chi connectivity index (χ0n) is 15.7. The lowest BCUT2D eigenvalue weighted by Crippen LogP contribution is -2.45. The number of carbonyl (C=O) groups is 2. The second kappa shape index (κ2) is 9.12. The molecule has 1 aliphatic heterocycles. The number of esters is 1. The van der Waals surface area contributed by atoms with Gasteiger partial charge < -0.3 is 24.8 Å². The number of methoxy groups -OCH3 is 2. The topological polar surface area (TPSA) is 85.9 Å². The molecule has 7 nitrogen and oxygen atoms in total. The summed E-state index contributed by atoms with van der Waals surface area (Å²) in [5, 5.41) is 5.56. The van der Waals surface area contributed by atoms with Crippen molar-refractivity contribution < 1.29 is 23.8 Å². The molecular weight excluding hydrogens is 336 g/mol. The van der Waals surface area contributed by atoms with Gasteiger partial charge in [-0.15, -0.1) is 0 Å². The van der Waals surface area contributed by atoms with Crippen molar-refractivity contribution in [1.29, 1.82) is 0 Å². The third-order valence-electron chi connectivity index (χ3n) is 4.16. The van der Waals surface area contributed by atoms with E-state index in [0.717, 1.165) is 18.4 Å². The van der Waals surface area contributed by atoms with Gasteiger partial charge in [0.1, 0.15) is 0 Å². The highest BCUT2D eigenvalue weighted by Gasteiger charge is 2.33. The van der Waals surface area contributed by atoms with Crippen LogP contribution in [-0.4, -0.2) is 32.8 Å². The molecule has 1 aromatic rings. The second-order valence-corrected chi connectivity index (χ2v) is 5.86. The molecule has 1 heterocycles. The van der Waals surface area contributed by atoms with Crippen LogP contribution in [0.4, 0.5) is 4.79 Å². The summed E-state index contributed by atoms with van der Waals surface area (Å²) in [7, 11) is 2.90. The van der Waals surface area contributed by atoms with Gasteiger partial charge in [0.2, 0.25) is 0 Å². The van der Waals surface area contributed by atoms with Gasteiger partial charge in [-0.1, -0.05) is 19.4 Å². The number of hydrogen-bond donors (Lipinski definition) is 2. The lowest BCUT2D eigenvalue weighted by Gasteiger charge is -2.29. The van der Waals surface area contributed by atoms with Crippen molar-refractivity contribution in [2.45, 2.75) is 39.2 Å². The van der Waals surface area contributed by atoms with Crippen molar-refractivity contribution in [2.24, 2.45) is 0 Å². The summed E-state index contributed by atoms with van der Waals surface area (Å²) in [5.41, 5.74) is 1.73. The zero-order chi connectivity index (χ0) is 19.1. The molecule has 1 atom stereocenters. The van der Waals surface area contributed by atoms with Crippen molar-refractivity contribution in [1.82, 2.24) is 10.6 Å². The maximum absolute atomic E-state index is 12.4. The van der Waals surface area contributed by atoms with Crippen LogP contribution in [0.25, 0.3) is 0 Å². The third-order valence-corrected chi connectivity index (χ3v) is 4.16. The Morgan fingerprint density at radius 2 is 1.96 bits per heavy atom. The van der Waals surface area contributed by atoms with Crippen molar-refractivity contribution >= 4 is 12.0 Å². The number of rotatable bonds is 8. The highest BCUT2D eigenvalue weighted by Crippen LogP contribution is 2.35. The van der Waals surface area contributed by atoms with Crippen LogP contribution in [0.2, 0.25) is 0 Å². The summed E-state index contributed by atoms with van der Waals surface area (Å²) in [6.07, 6.45) is 2.40. The molecule has 7 heteroatoms. The summed E-state index contributed by atoms with van der Waals surface area (Å²) in [5.74, 6) is 0.674. The molecule has 1 aromatic carbocycles. The van der Waals surface area contributed by atoms with Crippen LogP contribution in [0.3, 0.4) is 0 Å². The molecular formula is C19H26N2O5. The molecule has 0 aromatic heterocycles. The fourth-order valence-electron chi connectivity index (χ4n) is 2.91. The van der Waals surface area contributed by atoms with Crippen LogP contribution in [0.15, 0.2) is 29.5 Å². The Morgan fingerprint density at radius 1 is 1.19 bits per heavy atom. The Hall–Kier alpha value is -2.70. The first-order valence-electron chi connectivity index (χ1n) is 8.75.